The van der Waals surface area contributed by atoms with Crippen LogP contribution in [0.25, 0.3) is 10.2 Å². The van der Waals surface area contributed by atoms with Crippen LogP contribution in [0.3, 0.4) is 0 Å². The lowest BCUT2D eigenvalue weighted by atomic mass is 9.92. The fourth-order valence-corrected chi connectivity index (χ4v) is 6.03. The molecule has 2 heterocycles. The van der Waals surface area contributed by atoms with E-state index in [0.717, 1.165) is 22.4 Å². The lowest BCUT2D eigenvalue weighted by Crippen LogP contribution is -2.22. The average molecular weight is 610 g/mol. The number of thiazole rings is 2. The molecule has 1 amide bonds. The lowest BCUT2D eigenvalue weighted by Gasteiger charge is -2.19. The molecule has 0 radical (unpaired) electrons. The number of carbonyl (C=O) groups excluding carboxylic acids is 2. The summed E-state index contributed by atoms with van der Waals surface area (Å²) in [5, 5.41) is 5.19. The first-order chi connectivity index (χ1) is 20.3. The molecule has 1 atom stereocenters. The number of ketones is 1. The Hall–Kier alpha value is -3.93. The van der Waals surface area contributed by atoms with Gasteiger partial charge < -0.3 is 10.1 Å². The zero-order valence-electron chi connectivity index (χ0n) is 22.3. The number of anilines is 1. The van der Waals surface area contributed by atoms with Crippen molar-refractivity contribution in [3.8, 4) is 0 Å². The molecule has 0 aliphatic heterocycles. The van der Waals surface area contributed by atoms with E-state index in [1.165, 1.54) is 28.7 Å². The summed E-state index contributed by atoms with van der Waals surface area (Å²) in [5.74, 6) is -1.36. The number of alkyl halides is 3. The predicted octanol–water partition coefficient (Wildman–Crippen LogP) is 7.92. The normalized spacial score (nSPS) is 12.4. The van der Waals surface area contributed by atoms with Crippen LogP contribution in [-0.4, -0.2) is 28.3 Å². The molecule has 6 nitrogen and oxygen atoms in total. The minimum absolute atomic E-state index is 0.120. The number of hydrogen-bond acceptors (Lipinski definition) is 7. The second-order valence-electron chi connectivity index (χ2n) is 9.61. The standard InChI is InChI=1S/C31H26F3N3O3S2/c32-31(33,34)22-9-4-8-21(14-22)24(10-5-13-40-17-20-6-2-1-3-7-20)30(39)36-23-11-12-25-28(15-23)42-29(37-25)16-27(38)26-18-41-19-35-26/h1-4,6-9,11-12,14-15,18-19,24H,5,10,13,16-17H2,(H,36,39). The smallest absolute Gasteiger partial charge is 0.377 e. The average Bonchev–Trinajstić information content (AvgIpc) is 3.65. The molecule has 1 N–H and O–H groups in total. The van der Waals surface area contributed by atoms with E-state index >= 15 is 0 Å². The van der Waals surface area contributed by atoms with Gasteiger partial charge in [0, 0.05) is 17.7 Å². The summed E-state index contributed by atoms with van der Waals surface area (Å²) in [6.45, 7) is 0.764. The Morgan fingerprint density at radius 1 is 1.00 bits per heavy atom. The maximum absolute atomic E-state index is 13.5. The van der Waals surface area contributed by atoms with Gasteiger partial charge in [0.05, 0.1) is 40.2 Å². The third kappa shape index (κ3) is 7.67. The van der Waals surface area contributed by atoms with E-state index in [0.29, 0.717) is 48.0 Å². The summed E-state index contributed by atoms with van der Waals surface area (Å²) in [7, 11) is 0. The van der Waals surface area contributed by atoms with Gasteiger partial charge in [0.1, 0.15) is 10.7 Å². The number of hydrogen-bond donors (Lipinski definition) is 1. The minimum atomic E-state index is -4.52. The van der Waals surface area contributed by atoms with Crippen molar-refractivity contribution in [3.05, 3.63) is 111 Å². The van der Waals surface area contributed by atoms with Crippen LogP contribution in [0.2, 0.25) is 0 Å². The first kappa shape index (κ1) is 29.6. The third-order valence-corrected chi connectivity index (χ3v) is 8.16. The maximum atomic E-state index is 13.5. The summed E-state index contributed by atoms with van der Waals surface area (Å²) < 4.78 is 46.9. The number of amides is 1. The highest BCUT2D eigenvalue weighted by Crippen LogP contribution is 2.33. The first-order valence-electron chi connectivity index (χ1n) is 13.2. The van der Waals surface area contributed by atoms with Gasteiger partial charge in [0.15, 0.2) is 5.78 Å². The van der Waals surface area contributed by atoms with Crippen molar-refractivity contribution in [2.45, 2.75) is 38.0 Å². The molecule has 0 spiro atoms. The van der Waals surface area contributed by atoms with Gasteiger partial charge in [-0.2, -0.15) is 13.2 Å². The topological polar surface area (TPSA) is 81.2 Å². The van der Waals surface area contributed by atoms with E-state index in [1.807, 2.05) is 30.3 Å². The van der Waals surface area contributed by atoms with Crippen LogP contribution in [0.4, 0.5) is 18.9 Å². The molecule has 0 aliphatic carbocycles. The van der Waals surface area contributed by atoms with Crippen LogP contribution >= 0.6 is 22.7 Å². The Bertz CT molecular complexity index is 1650. The summed E-state index contributed by atoms with van der Waals surface area (Å²) >= 11 is 2.69. The van der Waals surface area contributed by atoms with Crippen molar-refractivity contribution >= 4 is 50.3 Å². The molecule has 0 aliphatic rings. The number of aromatic nitrogens is 2. The zero-order chi connectivity index (χ0) is 29.5. The molecule has 1 unspecified atom stereocenters. The largest absolute Gasteiger partial charge is 0.416 e. The third-order valence-electron chi connectivity index (χ3n) is 6.56. The summed E-state index contributed by atoms with van der Waals surface area (Å²) in [6, 6.07) is 19.7. The zero-order valence-corrected chi connectivity index (χ0v) is 23.9. The van der Waals surface area contributed by atoms with E-state index in [2.05, 4.69) is 15.3 Å². The number of benzene rings is 3. The van der Waals surface area contributed by atoms with Gasteiger partial charge in [-0.05, 0) is 48.2 Å². The quantitative estimate of drug-likeness (QED) is 0.115. The number of rotatable bonds is 12. The number of ether oxygens (including phenoxy) is 1. The second-order valence-corrected chi connectivity index (χ2v) is 11.4. The molecule has 42 heavy (non-hydrogen) atoms. The first-order valence-corrected chi connectivity index (χ1v) is 14.9. The Morgan fingerprint density at radius 3 is 2.60 bits per heavy atom. The van der Waals surface area contributed by atoms with Gasteiger partial charge in [-0.3, -0.25) is 9.59 Å². The maximum Gasteiger partial charge on any atom is 0.416 e. The monoisotopic (exact) mass is 609 g/mol. The van der Waals surface area contributed by atoms with E-state index < -0.39 is 23.6 Å². The van der Waals surface area contributed by atoms with E-state index in [-0.39, 0.29) is 17.8 Å². The fourth-order valence-electron chi connectivity index (χ4n) is 4.47. The Labute approximate surface area is 248 Å². The molecular formula is C31H26F3N3O3S2. The molecule has 5 aromatic rings. The van der Waals surface area contributed by atoms with Gasteiger partial charge in [-0.25, -0.2) is 9.97 Å². The molecule has 0 saturated heterocycles. The number of carbonyl (C=O) groups is 2. The number of fused-ring (bicyclic) bond motifs is 1. The van der Waals surface area contributed by atoms with Crippen molar-refractivity contribution in [3.63, 3.8) is 0 Å². The van der Waals surface area contributed by atoms with Crippen molar-refractivity contribution in [2.75, 3.05) is 11.9 Å². The summed E-state index contributed by atoms with van der Waals surface area (Å²) in [4.78, 5) is 34.5. The van der Waals surface area contributed by atoms with Crippen LogP contribution in [-0.2, 0) is 28.7 Å². The number of halogens is 3. The summed E-state index contributed by atoms with van der Waals surface area (Å²) in [6.07, 6.45) is -3.63. The molecule has 0 fully saturated rings. The number of nitrogens with zero attached hydrogens (tertiary/aromatic N) is 2. The van der Waals surface area contributed by atoms with Crippen LogP contribution in [0.5, 0.6) is 0 Å². The van der Waals surface area contributed by atoms with Crippen molar-refractivity contribution in [1.82, 2.24) is 9.97 Å². The second kappa shape index (κ2) is 13.4. The predicted molar refractivity (Wildman–Crippen MR) is 158 cm³/mol. The van der Waals surface area contributed by atoms with E-state index in [1.54, 1.807) is 35.2 Å². The molecule has 0 bridgehead atoms. The van der Waals surface area contributed by atoms with Crippen molar-refractivity contribution in [1.29, 1.82) is 0 Å². The highest BCUT2D eigenvalue weighted by Gasteiger charge is 2.32. The Morgan fingerprint density at radius 2 is 1.83 bits per heavy atom. The molecule has 11 heteroatoms. The molecule has 0 saturated carbocycles. The number of Topliss-reactive ketones (excluding diaryl/α,β-unsaturated/α-hetero) is 1. The van der Waals surface area contributed by atoms with Crippen LogP contribution in [0, 0.1) is 0 Å². The van der Waals surface area contributed by atoms with E-state index in [9.17, 15) is 22.8 Å². The van der Waals surface area contributed by atoms with Gasteiger partial charge in [0.2, 0.25) is 5.91 Å². The molecule has 3 aromatic carbocycles. The van der Waals surface area contributed by atoms with Crippen molar-refractivity contribution in [2.24, 2.45) is 0 Å². The van der Waals surface area contributed by atoms with Crippen molar-refractivity contribution < 1.29 is 27.5 Å². The van der Waals surface area contributed by atoms with E-state index in [4.69, 9.17) is 4.74 Å². The highest BCUT2D eigenvalue weighted by molar-refractivity contribution is 7.18. The lowest BCUT2D eigenvalue weighted by molar-refractivity contribution is -0.137. The Balaban J connectivity index is 1.28. The summed E-state index contributed by atoms with van der Waals surface area (Å²) in [5.41, 5.74) is 3.67. The van der Waals surface area contributed by atoms with Gasteiger partial charge >= 0.3 is 6.18 Å². The molecule has 216 valence electrons. The minimum Gasteiger partial charge on any atom is -0.377 e. The Kier molecular flexibility index (Phi) is 9.41. The van der Waals surface area contributed by atoms with Gasteiger partial charge in [-0.15, -0.1) is 22.7 Å². The fraction of sp³-hybridized carbons (Fsp3) is 0.226. The van der Waals surface area contributed by atoms with Crippen LogP contribution < -0.4 is 5.32 Å². The van der Waals surface area contributed by atoms with Crippen LogP contribution in [0.15, 0.2) is 83.7 Å². The molecule has 2 aromatic heterocycles. The van der Waals surface area contributed by atoms with Gasteiger partial charge in [0.25, 0.3) is 0 Å². The SMILES string of the molecule is O=C(Cc1nc2ccc(NC(=O)C(CCCOCc3ccccc3)c3cccc(C(F)(F)F)c3)cc2s1)c1cscn1. The van der Waals surface area contributed by atoms with Gasteiger partial charge in [-0.1, -0.05) is 48.5 Å². The molecular weight excluding hydrogens is 583 g/mol. The highest BCUT2D eigenvalue weighted by atomic mass is 32.1. The van der Waals surface area contributed by atoms with Crippen LogP contribution in [0.1, 0.15) is 50.9 Å². The molecule has 5 rings (SSSR count). The number of nitrogens with one attached hydrogen (secondary N) is 1.